The molecule has 0 bridgehead atoms. The number of sulfonamides is 1. The summed E-state index contributed by atoms with van der Waals surface area (Å²) in [6.45, 7) is 3.20. The Labute approximate surface area is 199 Å². The number of rotatable bonds is 7. The predicted octanol–water partition coefficient (Wildman–Crippen LogP) is 3.56. The van der Waals surface area contributed by atoms with Crippen LogP contribution in [0.3, 0.4) is 0 Å². The molecular weight excluding hydrogens is 476 g/mol. The molecule has 0 unspecified atom stereocenters. The maximum absolute atomic E-state index is 12.8. The summed E-state index contributed by atoms with van der Waals surface area (Å²) in [4.78, 5) is 34.9. The summed E-state index contributed by atoms with van der Waals surface area (Å²) in [5.74, 6) is -1.41. The van der Waals surface area contributed by atoms with Gasteiger partial charge in [-0.2, -0.15) is 0 Å². The number of hydrogen-bond acceptors (Lipinski definition) is 7. The Kier molecular flexibility index (Phi) is 6.14. The van der Waals surface area contributed by atoms with E-state index in [2.05, 4.69) is 10.0 Å². The van der Waals surface area contributed by atoms with Crippen LogP contribution in [0.2, 0.25) is 0 Å². The quantitative estimate of drug-likeness (QED) is 0.293. The molecule has 35 heavy (non-hydrogen) atoms. The molecule has 0 fully saturated rings. The number of carbonyl (C=O) groups is 1. The molecule has 4 aromatic rings. The molecule has 0 spiro atoms. The minimum atomic E-state index is -3.85. The number of nitrogens with zero attached hydrogens (tertiary/aromatic N) is 2. The van der Waals surface area contributed by atoms with E-state index in [9.17, 15) is 28.1 Å². The molecule has 0 aliphatic rings. The number of aryl methyl sites for hydroxylation is 2. The minimum Gasteiger partial charge on any atom is -0.407 e. The molecule has 0 radical (unpaired) electrons. The Morgan fingerprint density at radius 2 is 1.71 bits per heavy atom. The van der Waals surface area contributed by atoms with Gasteiger partial charge >= 0.3 is 5.76 Å². The molecule has 1 aromatic heterocycles. The second-order valence-corrected chi connectivity index (χ2v) is 9.49. The van der Waals surface area contributed by atoms with Crippen molar-refractivity contribution >= 4 is 44.1 Å². The molecule has 3 aromatic carbocycles. The first-order chi connectivity index (χ1) is 16.5. The lowest BCUT2D eigenvalue weighted by atomic mass is 10.1. The number of hydrogen-bond donors (Lipinski definition) is 2. The van der Waals surface area contributed by atoms with E-state index in [1.807, 2.05) is 6.07 Å². The molecule has 11 nitrogen and oxygen atoms in total. The zero-order chi connectivity index (χ0) is 25.3. The van der Waals surface area contributed by atoms with E-state index in [0.29, 0.717) is 11.4 Å². The Hall–Kier alpha value is -4.45. The highest BCUT2D eigenvalue weighted by Crippen LogP contribution is 2.24. The van der Waals surface area contributed by atoms with Gasteiger partial charge in [-0.15, -0.1) is 0 Å². The molecule has 12 heteroatoms. The summed E-state index contributed by atoms with van der Waals surface area (Å²) in [7, 11) is -3.85. The summed E-state index contributed by atoms with van der Waals surface area (Å²) in [6.07, 6.45) is 0. The molecule has 0 saturated carbocycles. The summed E-state index contributed by atoms with van der Waals surface area (Å²) in [5.41, 5.74) is 2.37. The monoisotopic (exact) mass is 496 g/mol. The lowest BCUT2D eigenvalue weighted by molar-refractivity contribution is -0.384. The van der Waals surface area contributed by atoms with Crippen molar-refractivity contribution in [2.24, 2.45) is 0 Å². The van der Waals surface area contributed by atoms with Gasteiger partial charge in [-0.05, 0) is 55.3 Å². The summed E-state index contributed by atoms with van der Waals surface area (Å²) in [5, 5.41) is 13.5. The molecule has 1 heterocycles. The third-order valence-electron chi connectivity index (χ3n) is 5.33. The first-order valence-electron chi connectivity index (χ1n) is 10.3. The van der Waals surface area contributed by atoms with E-state index in [4.69, 9.17) is 4.42 Å². The number of fused-ring (bicyclic) bond motifs is 1. The normalized spacial score (nSPS) is 11.4. The smallest absolute Gasteiger partial charge is 0.407 e. The number of nitro benzene ring substituents is 1. The van der Waals surface area contributed by atoms with Gasteiger partial charge in [0.25, 0.3) is 15.7 Å². The van der Waals surface area contributed by atoms with Crippen LogP contribution in [0.25, 0.3) is 11.1 Å². The summed E-state index contributed by atoms with van der Waals surface area (Å²) < 4.78 is 34.2. The van der Waals surface area contributed by atoms with Crippen LogP contribution in [-0.4, -0.2) is 23.8 Å². The van der Waals surface area contributed by atoms with Crippen LogP contribution < -0.4 is 15.8 Å². The molecular formula is C23H20N4O7S. The highest BCUT2D eigenvalue weighted by molar-refractivity contribution is 7.92. The molecule has 1 amide bonds. The number of non-ortho nitro benzene ring substituents is 1. The zero-order valence-electron chi connectivity index (χ0n) is 18.6. The number of anilines is 2. The van der Waals surface area contributed by atoms with Gasteiger partial charge in [-0.25, -0.2) is 13.2 Å². The Morgan fingerprint density at radius 3 is 2.34 bits per heavy atom. The van der Waals surface area contributed by atoms with Crippen molar-refractivity contribution in [1.29, 1.82) is 0 Å². The van der Waals surface area contributed by atoms with Crippen LogP contribution in [0.1, 0.15) is 11.1 Å². The Bertz CT molecular complexity index is 1600. The van der Waals surface area contributed by atoms with E-state index in [1.165, 1.54) is 36.4 Å². The number of nitro groups is 1. The molecule has 0 aliphatic carbocycles. The molecule has 4 rings (SSSR count). The van der Waals surface area contributed by atoms with Crippen LogP contribution in [0.15, 0.2) is 74.8 Å². The fourth-order valence-corrected chi connectivity index (χ4v) is 4.75. The second-order valence-electron chi connectivity index (χ2n) is 7.81. The maximum atomic E-state index is 12.8. The van der Waals surface area contributed by atoms with Crippen molar-refractivity contribution in [3.05, 3.63) is 92.5 Å². The largest absolute Gasteiger partial charge is 0.420 e. The predicted molar refractivity (Wildman–Crippen MR) is 129 cm³/mol. The van der Waals surface area contributed by atoms with Crippen LogP contribution in [0.5, 0.6) is 0 Å². The van der Waals surface area contributed by atoms with Crippen molar-refractivity contribution in [1.82, 2.24) is 4.57 Å². The zero-order valence-corrected chi connectivity index (χ0v) is 19.5. The first kappa shape index (κ1) is 23.7. The lowest BCUT2D eigenvalue weighted by Crippen LogP contribution is -2.24. The third kappa shape index (κ3) is 4.92. The highest BCUT2D eigenvalue weighted by Gasteiger charge is 2.18. The van der Waals surface area contributed by atoms with Gasteiger partial charge < -0.3 is 9.73 Å². The van der Waals surface area contributed by atoms with Crippen molar-refractivity contribution in [3.8, 4) is 0 Å². The summed E-state index contributed by atoms with van der Waals surface area (Å²) >= 11 is 0. The van der Waals surface area contributed by atoms with Crippen molar-refractivity contribution in [3.63, 3.8) is 0 Å². The van der Waals surface area contributed by atoms with Gasteiger partial charge in [0.05, 0.1) is 27.1 Å². The fourth-order valence-electron chi connectivity index (χ4n) is 3.55. The molecule has 0 saturated heterocycles. The van der Waals surface area contributed by atoms with E-state index < -0.39 is 33.2 Å². The van der Waals surface area contributed by atoms with Crippen LogP contribution in [0.4, 0.5) is 17.1 Å². The molecule has 180 valence electrons. The average Bonchev–Trinajstić information content (AvgIpc) is 3.11. The van der Waals surface area contributed by atoms with Gasteiger partial charge in [-0.3, -0.25) is 24.2 Å². The number of para-hydroxylation sites is 1. The number of carbonyl (C=O) groups excluding carboxylic acids is 1. The number of nitrogens with one attached hydrogen (secondary N) is 2. The number of benzene rings is 3. The second kappa shape index (κ2) is 9.06. The molecule has 0 aliphatic heterocycles. The van der Waals surface area contributed by atoms with E-state index in [-0.39, 0.29) is 21.7 Å². The van der Waals surface area contributed by atoms with Gasteiger partial charge in [0.1, 0.15) is 6.54 Å². The van der Waals surface area contributed by atoms with Crippen molar-refractivity contribution in [2.75, 3.05) is 10.0 Å². The number of aromatic nitrogens is 1. The molecule has 2 N–H and O–H groups in total. The fraction of sp³-hybridized carbons (Fsp3) is 0.130. The van der Waals surface area contributed by atoms with Crippen molar-refractivity contribution < 1.29 is 22.6 Å². The standard InChI is InChI=1S/C23H20N4O7S/c1-14-4-3-5-15(2)22(14)25-35(32,33)18-9-6-16(7-10-18)24-21(28)13-26-19-11-8-17(27(30)31)12-20(19)34-23(26)29/h3-12,25H,13H2,1-2H3,(H,24,28). The van der Waals surface area contributed by atoms with E-state index in [1.54, 1.807) is 26.0 Å². The van der Waals surface area contributed by atoms with E-state index in [0.717, 1.165) is 21.8 Å². The Balaban J connectivity index is 1.48. The molecule has 0 atom stereocenters. The Morgan fingerprint density at radius 1 is 1.06 bits per heavy atom. The van der Waals surface area contributed by atoms with Gasteiger partial charge in [-0.1, -0.05) is 18.2 Å². The minimum absolute atomic E-state index is 0.0109. The average molecular weight is 497 g/mol. The van der Waals surface area contributed by atoms with Gasteiger partial charge in [0.2, 0.25) is 5.91 Å². The van der Waals surface area contributed by atoms with E-state index >= 15 is 0 Å². The van der Waals surface area contributed by atoms with Crippen molar-refractivity contribution in [2.45, 2.75) is 25.3 Å². The maximum Gasteiger partial charge on any atom is 0.420 e. The topological polar surface area (TPSA) is 154 Å². The number of amides is 1. The lowest BCUT2D eigenvalue weighted by Gasteiger charge is -2.13. The summed E-state index contributed by atoms with van der Waals surface area (Å²) in [6, 6.07) is 14.6. The van der Waals surface area contributed by atoms with Crippen LogP contribution >= 0.6 is 0 Å². The third-order valence-corrected chi connectivity index (χ3v) is 6.70. The van der Waals surface area contributed by atoms with Gasteiger partial charge in [0.15, 0.2) is 5.58 Å². The first-order valence-corrected chi connectivity index (χ1v) is 11.8. The number of oxazole rings is 1. The van der Waals surface area contributed by atoms with Gasteiger partial charge in [0, 0.05) is 11.8 Å². The van der Waals surface area contributed by atoms with Crippen LogP contribution in [0, 0.1) is 24.0 Å². The highest BCUT2D eigenvalue weighted by atomic mass is 32.2. The van der Waals surface area contributed by atoms with Crippen LogP contribution in [-0.2, 0) is 21.4 Å². The SMILES string of the molecule is Cc1cccc(C)c1NS(=O)(=O)c1ccc(NC(=O)Cn2c(=O)oc3cc([N+](=O)[O-])ccc32)cc1.